The SMILES string of the molecule is COc1ccc(Cn2cc(-c3cnc4c(OC)nccn34)cn2)cc1. The van der Waals surface area contributed by atoms with Crippen molar-refractivity contribution in [3.05, 3.63) is 60.8 Å². The van der Waals surface area contributed by atoms with Crippen LogP contribution in [-0.4, -0.2) is 38.4 Å². The lowest BCUT2D eigenvalue weighted by Gasteiger charge is -2.04. The topological polar surface area (TPSA) is 66.5 Å². The van der Waals surface area contributed by atoms with E-state index in [-0.39, 0.29) is 0 Å². The normalized spacial score (nSPS) is 11.0. The molecule has 0 aliphatic carbocycles. The van der Waals surface area contributed by atoms with Gasteiger partial charge in [-0.1, -0.05) is 12.1 Å². The second-order valence-electron chi connectivity index (χ2n) is 5.55. The first kappa shape index (κ1) is 15.2. The van der Waals surface area contributed by atoms with Crippen molar-refractivity contribution in [1.29, 1.82) is 0 Å². The molecule has 0 atom stereocenters. The lowest BCUT2D eigenvalue weighted by molar-refractivity contribution is 0.400. The summed E-state index contributed by atoms with van der Waals surface area (Å²) < 4.78 is 14.3. The Morgan fingerprint density at radius 1 is 1.00 bits per heavy atom. The van der Waals surface area contributed by atoms with Crippen molar-refractivity contribution >= 4 is 5.65 Å². The maximum Gasteiger partial charge on any atom is 0.258 e. The fourth-order valence-corrected chi connectivity index (χ4v) is 2.75. The monoisotopic (exact) mass is 335 g/mol. The number of fused-ring (bicyclic) bond motifs is 1. The minimum Gasteiger partial charge on any atom is -0.497 e. The Balaban J connectivity index is 1.63. The van der Waals surface area contributed by atoms with Gasteiger partial charge in [0.15, 0.2) is 0 Å². The smallest absolute Gasteiger partial charge is 0.258 e. The quantitative estimate of drug-likeness (QED) is 0.561. The van der Waals surface area contributed by atoms with Gasteiger partial charge >= 0.3 is 0 Å². The van der Waals surface area contributed by atoms with Gasteiger partial charge in [0.2, 0.25) is 5.65 Å². The van der Waals surface area contributed by atoms with E-state index in [1.54, 1.807) is 26.6 Å². The number of hydrogen-bond donors (Lipinski definition) is 0. The lowest BCUT2D eigenvalue weighted by atomic mass is 10.2. The van der Waals surface area contributed by atoms with Crippen LogP contribution in [0.15, 0.2) is 55.2 Å². The average molecular weight is 335 g/mol. The van der Waals surface area contributed by atoms with Crippen LogP contribution in [0.3, 0.4) is 0 Å². The Bertz CT molecular complexity index is 1000. The molecule has 7 nitrogen and oxygen atoms in total. The van der Waals surface area contributed by atoms with E-state index in [0.29, 0.717) is 18.1 Å². The molecule has 0 saturated carbocycles. The number of benzene rings is 1. The van der Waals surface area contributed by atoms with Gasteiger partial charge in [-0.25, -0.2) is 9.97 Å². The van der Waals surface area contributed by atoms with Gasteiger partial charge in [-0.15, -0.1) is 0 Å². The molecule has 0 aliphatic heterocycles. The number of methoxy groups -OCH3 is 2. The summed E-state index contributed by atoms with van der Waals surface area (Å²) in [5.41, 5.74) is 3.76. The summed E-state index contributed by atoms with van der Waals surface area (Å²) in [4.78, 5) is 8.57. The molecule has 0 spiro atoms. The summed E-state index contributed by atoms with van der Waals surface area (Å²) in [7, 11) is 3.25. The third-order valence-corrected chi connectivity index (χ3v) is 4.02. The van der Waals surface area contributed by atoms with Crippen molar-refractivity contribution < 1.29 is 9.47 Å². The van der Waals surface area contributed by atoms with Crippen LogP contribution in [0.2, 0.25) is 0 Å². The number of hydrogen-bond acceptors (Lipinski definition) is 5. The number of rotatable bonds is 5. The van der Waals surface area contributed by atoms with Gasteiger partial charge in [0.25, 0.3) is 5.88 Å². The molecule has 126 valence electrons. The van der Waals surface area contributed by atoms with Crippen molar-refractivity contribution in [2.45, 2.75) is 6.54 Å². The molecule has 0 amide bonds. The fraction of sp³-hybridized carbons (Fsp3) is 0.167. The molecule has 0 aliphatic rings. The van der Waals surface area contributed by atoms with Crippen LogP contribution in [-0.2, 0) is 6.54 Å². The van der Waals surface area contributed by atoms with Gasteiger partial charge in [0.1, 0.15) is 5.75 Å². The zero-order valence-corrected chi connectivity index (χ0v) is 14.0. The van der Waals surface area contributed by atoms with E-state index < -0.39 is 0 Å². The van der Waals surface area contributed by atoms with Crippen LogP contribution in [0.4, 0.5) is 0 Å². The fourth-order valence-electron chi connectivity index (χ4n) is 2.75. The van der Waals surface area contributed by atoms with Gasteiger partial charge in [-0.2, -0.15) is 5.10 Å². The molecule has 0 saturated heterocycles. The Morgan fingerprint density at radius 2 is 1.84 bits per heavy atom. The molecule has 0 N–H and O–H groups in total. The number of ether oxygens (including phenoxy) is 2. The van der Waals surface area contributed by atoms with Crippen molar-refractivity contribution in [3.8, 4) is 22.9 Å². The predicted molar refractivity (Wildman–Crippen MR) is 92.9 cm³/mol. The van der Waals surface area contributed by atoms with Gasteiger partial charge in [0, 0.05) is 24.2 Å². The Hall–Kier alpha value is -3.35. The molecule has 0 radical (unpaired) electrons. The molecule has 3 heterocycles. The predicted octanol–water partition coefficient (Wildman–Crippen LogP) is 2.66. The molecule has 3 aromatic heterocycles. The Kier molecular flexibility index (Phi) is 3.81. The molecule has 4 aromatic rings. The van der Waals surface area contributed by atoms with Gasteiger partial charge in [-0.3, -0.25) is 9.08 Å². The number of aromatic nitrogens is 5. The lowest BCUT2D eigenvalue weighted by Crippen LogP contribution is -1.99. The molecule has 1 aromatic carbocycles. The van der Waals surface area contributed by atoms with Crippen LogP contribution in [0, 0.1) is 0 Å². The van der Waals surface area contributed by atoms with Crippen LogP contribution >= 0.6 is 0 Å². The standard InChI is InChI=1S/C18H17N5O2/c1-24-15-5-3-13(4-6-15)11-22-12-14(9-21-22)16-10-20-17-18(25-2)19-7-8-23(16)17/h3-10,12H,11H2,1-2H3. The van der Waals surface area contributed by atoms with Crippen LogP contribution < -0.4 is 9.47 Å². The minimum atomic E-state index is 0.499. The number of imidazole rings is 1. The summed E-state index contributed by atoms with van der Waals surface area (Å²) in [6, 6.07) is 7.96. The van der Waals surface area contributed by atoms with E-state index in [2.05, 4.69) is 15.1 Å². The van der Waals surface area contributed by atoms with Gasteiger partial charge < -0.3 is 9.47 Å². The highest BCUT2D eigenvalue weighted by Gasteiger charge is 2.12. The zero-order chi connectivity index (χ0) is 17.2. The van der Waals surface area contributed by atoms with Crippen LogP contribution in [0.5, 0.6) is 11.6 Å². The van der Waals surface area contributed by atoms with Crippen molar-refractivity contribution in [2.24, 2.45) is 0 Å². The number of nitrogens with zero attached hydrogens (tertiary/aromatic N) is 5. The van der Waals surface area contributed by atoms with E-state index in [1.807, 2.05) is 51.9 Å². The van der Waals surface area contributed by atoms with Crippen molar-refractivity contribution in [1.82, 2.24) is 24.1 Å². The summed E-state index contributed by atoms with van der Waals surface area (Å²) in [6.07, 6.45) is 9.19. The molecular weight excluding hydrogens is 318 g/mol. The highest BCUT2D eigenvalue weighted by molar-refractivity contribution is 5.64. The van der Waals surface area contributed by atoms with E-state index in [9.17, 15) is 0 Å². The molecule has 4 rings (SSSR count). The summed E-state index contributed by atoms with van der Waals surface area (Å²) >= 11 is 0. The third kappa shape index (κ3) is 2.80. The first-order valence-corrected chi connectivity index (χ1v) is 7.80. The second-order valence-corrected chi connectivity index (χ2v) is 5.55. The molecule has 0 fully saturated rings. The molecule has 0 unspecified atom stereocenters. The van der Waals surface area contributed by atoms with E-state index in [0.717, 1.165) is 22.6 Å². The van der Waals surface area contributed by atoms with E-state index >= 15 is 0 Å². The first-order chi connectivity index (χ1) is 12.3. The van der Waals surface area contributed by atoms with E-state index in [1.165, 1.54) is 0 Å². The molecular formula is C18H17N5O2. The second kappa shape index (κ2) is 6.27. The maximum absolute atomic E-state index is 5.25. The van der Waals surface area contributed by atoms with Crippen molar-refractivity contribution in [2.75, 3.05) is 14.2 Å². The van der Waals surface area contributed by atoms with Crippen LogP contribution in [0.25, 0.3) is 16.9 Å². The molecule has 7 heteroatoms. The highest BCUT2D eigenvalue weighted by Crippen LogP contribution is 2.24. The Labute approximate surface area is 144 Å². The highest BCUT2D eigenvalue weighted by atomic mass is 16.5. The van der Waals surface area contributed by atoms with E-state index in [4.69, 9.17) is 9.47 Å². The first-order valence-electron chi connectivity index (χ1n) is 7.80. The summed E-state index contributed by atoms with van der Waals surface area (Å²) in [6.45, 7) is 0.686. The molecule has 25 heavy (non-hydrogen) atoms. The van der Waals surface area contributed by atoms with Gasteiger partial charge in [0.05, 0.1) is 38.9 Å². The van der Waals surface area contributed by atoms with Crippen molar-refractivity contribution in [3.63, 3.8) is 0 Å². The minimum absolute atomic E-state index is 0.499. The van der Waals surface area contributed by atoms with Crippen LogP contribution in [0.1, 0.15) is 5.56 Å². The summed E-state index contributed by atoms with van der Waals surface area (Å²) in [5.74, 6) is 1.34. The maximum atomic E-state index is 5.25. The largest absolute Gasteiger partial charge is 0.497 e. The third-order valence-electron chi connectivity index (χ3n) is 4.02. The molecule has 0 bridgehead atoms. The zero-order valence-electron chi connectivity index (χ0n) is 14.0. The summed E-state index contributed by atoms with van der Waals surface area (Å²) in [5, 5.41) is 4.46. The average Bonchev–Trinajstić information content (AvgIpc) is 3.28. The van der Waals surface area contributed by atoms with Gasteiger partial charge in [-0.05, 0) is 17.7 Å². The Morgan fingerprint density at radius 3 is 2.60 bits per heavy atom.